The van der Waals surface area contributed by atoms with Gasteiger partial charge < -0.3 is 24.3 Å². The van der Waals surface area contributed by atoms with E-state index in [2.05, 4.69) is 20.3 Å². The van der Waals surface area contributed by atoms with Crippen molar-refractivity contribution in [2.24, 2.45) is 0 Å². The maximum Gasteiger partial charge on any atom is 0.272 e. The molecule has 4 heterocycles. The third-order valence-electron chi connectivity index (χ3n) is 6.23. The first-order chi connectivity index (χ1) is 20.3. The summed E-state index contributed by atoms with van der Waals surface area (Å²) in [6, 6.07) is 13.2. The average molecular weight is 563 g/mol. The van der Waals surface area contributed by atoms with E-state index < -0.39 is 11.5 Å². The van der Waals surface area contributed by atoms with Crippen LogP contribution in [0.2, 0.25) is 0 Å². The number of pyridine rings is 4. The number of methoxy groups -OCH3 is 2. The van der Waals surface area contributed by atoms with Gasteiger partial charge in [0.05, 0.1) is 26.3 Å². The molecule has 2 radical (unpaired) electrons. The molecule has 0 saturated heterocycles. The molecule has 0 saturated carbocycles. The SMILES string of the molecule is [B]c1cc(NC(=O)c2c(OCC)ccn(-c3ccc(C)cn3)c2=O)ccc1Oc1ccnc2cc(OC)c(OC)nc12. The van der Waals surface area contributed by atoms with Crippen molar-refractivity contribution in [3.8, 4) is 34.7 Å². The first-order valence-corrected chi connectivity index (χ1v) is 12.9. The van der Waals surface area contributed by atoms with Crippen LogP contribution >= 0.6 is 0 Å². The van der Waals surface area contributed by atoms with E-state index in [4.69, 9.17) is 26.8 Å². The number of rotatable bonds is 9. The number of carbonyl (C=O) groups excluding carboxylic acids is 1. The maximum absolute atomic E-state index is 13.4. The number of benzene rings is 1. The molecule has 4 aromatic heterocycles. The van der Waals surface area contributed by atoms with Gasteiger partial charge in [0, 0.05) is 36.4 Å². The number of nitrogens with one attached hydrogen (secondary N) is 1. The van der Waals surface area contributed by atoms with E-state index in [9.17, 15) is 9.59 Å². The van der Waals surface area contributed by atoms with Gasteiger partial charge in [-0.2, -0.15) is 0 Å². The number of fused-ring (bicyclic) bond motifs is 1. The number of hydrogen-bond donors (Lipinski definition) is 1. The predicted octanol–water partition coefficient (Wildman–Crippen LogP) is 3.74. The minimum atomic E-state index is -0.664. The molecule has 1 aromatic carbocycles. The van der Waals surface area contributed by atoms with E-state index >= 15 is 0 Å². The molecule has 42 heavy (non-hydrogen) atoms. The smallest absolute Gasteiger partial charge is 0.272 e. The highest BCUT2D eigenvalue weighted by atomic mass is 16.5. The summed E-state index contributed by atoms with van der Waals surface area (Å²) in [5.74, 6) is 1.28. The van der Waals surface area contributed by atoms with Crippen LogP contribution in [0.15, 0.2) is 71.9 Å². The molecule has 1 amide bonds. The molecule has 0 aliphatic heterocycles. The van der Waals surface area contributed by atoms with E-state index in [1.807, 2.05) is 13.0 Å². The molecule has 210 valence electrons. The Morgan fingerprint density at radius 3 is 2.50 bits per heavy atom. The highest BCUT2D eigenvalue weighted by Gasteiger charge is 2.21. The third kappa shape index (κ3) is 5.59. The normalized spacial score (nSPS) is 10.8. The lowest BCUT2D eigenvalue weighted by molar-refractivity contribution is 0.102. The molecule has 0 aliphatic carbocycles. The minimum absolute atomic E-state index is 0.153. The second-order valence-corrected chi connectivity index (χ2v) is 9.04. The van der Waals surface area contributed by atoms with Crippen LogP contribution in [0.4, 0.5) is 5.69 Å². The van der Waals surface area contributed by atoms with Crippen LogP contribution in [-0.4, -0.2) is 54.1 Å². The zero-order valence-electron chi connectivity index (χ0n) is 23.4. The molecule has 0 aliphatic rings. The second kappa shape index (κ2) is 12.0. The molecular formula is C30H26BN5O6. The highest BCUT2D eigenvalue weighted by Crippen LogP contribution is 2.33. The van der Waals surface area contributed by atoms with Gasteiger partial charge in [0.2, 0.25) is 0 Å². The second-order valence-electron chi connectivity index (χ2n) is 9.04. The number of anilines is 1. The third-order valence-corrected chi connectivity index (χ3v) is 6.23. The quantitative estimate of drug-likeness (QED) is 0.267. The molecule has 12 heteroatoms. The van der Waals surface area contributed by atoms with Crippen LogP contribution in [0.5, 0.6) is 28.9 Å². The maximum atomic E-state index is 13.4. The van der Waals surface area contributed by atoms with Gasteiger partial charge in [-0.05, 0) is 49.7 Å². The van der Waals surface area contributed by atoms with E-state index in [0.717, 1.165) is 5.56 Å². The number of aromatic nitrogens is 4. The van der Waals surface area contributed by atoms with Crippen LogP contribution in [0, 0.1) is 6.92 Å². The summed E-state index contributed by atoms with van der Waals surface area (Å²) in [5, 5.41) is 2.73. The lowest BCUT2D eigenvalue weighted by atomic mass is 9.94. The molecule has 11 nitrogen and oxygen atoms in total. The summed E-state index contributed by atoms with van der Waals surface area (Å²) in [6.07, 6.45) is 4.74. The number of nitrogens with zero attached hydrogens (tertiary/aromatic N) is 4. The summed E-state index contributed by atoms with van der Waals surface area (Å²) >= 11 is 0. The summed E-state index contributed by atoms with van der Waals surface area (Å²) in [5.41, 5.74) is 1.75. The fourth-order valence-electron chi connectivity index (χ4n) is 4.20. The molecular weight excluding hydrogens is 537 g/mol. The molecule has 5 rings (SSSR count). The van der Waals surface area contributed by atoms with Gasteiger partial charge in [0.15, 0.2) is 11.5 Å². The van der Waals surface area contributed by atoms with Crippen molar-refractivity contribution in [2.75, 3.05) is 26.1 Å². The van der Waals surface area contributed by atoms with E-state index in [0.29, 0.717) is 39.8 Å². The number of amides is 1. The Hall–Kier alpha value is -5.39. The summed E-state index contributed by atoms with van der Waals surface area (Å²) < 4.78 is 23.6. The molecule has 5 aromatic rings. The number of hydrogen-bond acceptors (Lipinski definition) is 9. The fraction of sp³-hybridized carbons (Fsp3) is 0.167. The Labute approximate surface area is 242 Å². The topological polar surface area (TPSA) is 127 Å². The Morgan fingerprint density at radius 2 is 1.81 bits per heavy atom. The molecule has 0 unspecified atom stereocenters. The van der Waals surface area contributed by atoms with Gasteiger partial charge in [-0.15, -0.1) is 0 Å². The zero-order chi connectivity index (χ0) is 29.8. The Morgan fingerprint density at radius 1 is 0.976 bits per heavy atom. The average Bonchev–Trinajstić information content (AvgIpc) is 2.98. The molecule has 0 fully saturated rings. The standard InChI is InChI=1S/C30H26BN5O6/c1-5-41-22-11-13-36(25-9-6-17(2)16-33-25)30(38)26(22)28(37)34-18-7-8-21(19(31)14-18)42-23-10-12-32-20-15-24(39-3)29(40-4)35-27(20)23/h6-16H,5H2,1-4H3,(H,34,37). The van der Waals surface area contributed by atoms with Crippen LogP contribution in [0.25, 0.3) is 16.9 Å². The van der Waals surface area contributed by atoms with Crippen molar-refractivity contribution in [1.82, 2.24) is 19.5 Å². The monoisotopic (exact) mass is 563 g/mol. The van der Waals surface area contributed by atoms with Gasteiger partial charge >= 0.3 is 0 Å². The van der Waals surface area contributed by atoms with Crippen molar-refractivity contribution in [2.45, 2.75) is 13.8 Å². The van der Waals surface area contributed by atoms with Crippen molar-refractivity contribution >= 4 is 35.9 Å². The number of aryl methyl sites for hydroxylation is 1. The first kappa shape index (κ1) is 28.2. The predicted molar refractivity (Wildman–Crippen MR) is 158 cm³/mol. The summed E-state index contributed by atoms with van der Waals surface area (Å²) in [7, 11) is 9.29. The number of ether oxygens (including phenoxy) is 4. The summed E-state index contributed by atoms with van der Waals surface area (Å²) in [4.78, 5) is 39.9. The van der Waals surface area contributed by atoms with Gasteiger partial charge in [-0.1, -0.05) is 11.5 Å². The van der Waals surface area contributed by atoms with Gasteiger partial charge in [0.25, 0.3) is 17.3 Å². The summed E-state index contributed by atoms with van der Waals surface area (Å²) in [6.45, 7) is 3.92. The van der Waals surface area contributed by atoms with Gasteiger partial charge in [0.1, 0.15) is 36.2 Å². The van der Waals surface area contributed by atoms with Gasteiger partial charge in [-0.3, -0.25) is 19.1 Å². The highest BCUT2D eigenvalue weighted by molar-refractivity contribution is 6.34. The molecule has 0 bridgehead atoms. The van der Waals surface area contributed by atoms with Crippen LogP contribution in [0.1, 0.15) is 22.8 Å². The molecule has 0 atom stereocenters. The number of carbonyl (C=O) groups is 1. The van der Waals surface area contributed by atoms with Crippen molar-refractivity contribution in [3.05, 3.63) is 88.6 Å². The van der Waals surface area contributed by atoms with Crippen molar-refractivity contribution in [3.63, 3.8) is 0 Å². The zero-order valence-corrected chi connectivity index (χ0v) is 23.4. The lowest BCUT2D eigenvalue weighted by Gasteiger charge is -2.15. The lowest BCUT2D eigenvalue weighted by Crippen LogP contribution is -2.29. The van der Waals surface area contributed by atoms with E-state index in [-0.39, 0.29) is 29.3 Å². The van der Waals surface area contributed by atoms with Crippen LogP contribution in [0.3, 0.4) is 0 Å². The van der Waals surface area contributed by atoms with Gasteiger partial charge in [-0.25, -0.2) is 9.97 Å². The fourth-order valence-corrected chi connectivity index (χ4v) is 4.20. The van der Waals surface area contributed by atoms with Crippen molar-refractivity contribution in [1.29, 1.82) is 0 Å². The van der Waals surface area contributed by atoms with Crippen LogP contribution in [-0.2, 0) is 0 Å². The molecule has 1 N–H and O–H groups in total. The minimum Gasteiger partial charge on any atom is -0.493 e. The van der Waals surface area contributed by atoms with Crippen LogP contribution < -0.4 is 35.3 Å². The Balaban J connectivity index is 1.43. The van der Waals surface area contributed by atoms with E-state index in [1.54, 1.807) is 55.7 Å². The largest absolute Gasteiger partial charge is 0.493 e. The Bertz CT molecular complexity index is 1840. The van der Waals surface area contributed by atoms with Crippen molar-refractivity contribution < 1.29 is 23.7 Å². The molecule has 0 spiro atoms. The Kier molecular flexibility index (Phi) is 8.05. The van der Waals surface area contributed by atoms with E-state index in [1.165, 1.54) is 31.0 Å². The first-order valence-electron chi connectivity index (χ1n) is 12.9.